The predicted octanol–water partition coefficient (Wildman–Crippen LogP) is 1.38. The highest BCUT2D eigenvalue weighted by atomic mass is 79.9. The minimum Gasteiger partial charge on any atom is -0.459 e. The van der Waals surface area contributed by atoms with E-state index in [1.807, 2.05) is 6.07 Å². The summed E-state index contributed by atoms with van der Waals surface area (Å²) in [5.74, 6) is -0.472. The van der Waals surface area contributed by atoms with Crippen LogP contribution < -0.4 is 11.2 Å². The molecule has 1 saturated heterocycles. The van der Waals surface area contributed by atoms with Gasteiger partial charge in [0.2, 0.25) is 0 Å². The second kappa shape index (κ2) is 8.20. The maximum atomic E-state index is 12.2. The molecule has 0 amide bonds. The number of carbonyl (C=O) groups is 1. The standard InChI is InChI=1S/C18H19BrN2O6/c1-10-8-21(18(24)20-15(10)22)16-13(19)14(25-2)12(27-16)9-26-17(23)11-6-4-3-5-7-11/h3-8,12-14,16H,9H2,1-2H3,(H,20,22,24)/t12-,13?,14?,16-/m1/s1. The fraction of sp³-hybridized carbons (Fsp3) is 0.389. The number of hydrogen-bond acceptors (Lipinski definition) is 6. The number of hydrogen-bond donors (Lipinski definition) is 1. The molecule has 1 aliphatic heterocycles. The van der Waals surface area contributed by atoms with Crippen molar-refractivity contribution in [2.24, 2.45) is 0 Å². The Bertz CT molecular complexity index is 925. The quantitative estimate of drug-likeness (QED) is 0.558. The monoisotopic (exact) mass is 438 g/mol. The highest BCUT2D eigenvalue weighted by molar-refractivity contribution is 9.09. The van der Waals surface area contributed by atoms with Crippen LogP contribution in [0.2, 0.25) is 0 Å². The van der Waals surface area contributed by atoms with E-state index in [4.69, 9.17) is 14.2 Å². The molecule has 0 radical (unpaired) electrons. The molecule has 27 heavy (non-hydrogen) atoms. The molecular weight excluding hydrogens is 420 g/mol. The summed E-state index contributed by atoms with van der Waals surface area (Å²) in [7, 11) is 1.51. The fourth-order valence-corrected chi connectivity index (χ4v) is 3.86. The van der Waals surface area contributed by atoms with Crippen LogP contribution >= 0.6 is 15.9 Å². The summed E-state index contributed by atoms with van der Waals surface area (Å²) in [6.45, 7) is 1.56. The maximum Gasteiger partial charge on any atom is 0.338 e. The van der Waals surface area contributed by atoms with Crippen molar-refractivity contribution in [1.82, 2.24) is 9.55 Å². The molecule has 2 aromatic rings. The largest absolute Gasteiger partial charge is 0.459 e. The van der Waals surface area contributed by atoms with Gasteiger partial charge in [0.05, 0.1) is 10.4 Å². The van der Waals surface area contributed by atoms with E-state index in [9.17, 15) is 14.4 Å². The zero-order chi connectivity index (χ0) is 19.6. The van der Waals surface area contributed by atoms with Crippen molar-refractivity contribution < 1.29 is 19.0 Å². The molecule has 1 aliphatic rings. The number of aromatic nitrogens is 2. The first-order valence-corrected chi connectivity index (χ1v) is 9.20. The molecular formula is C18H19BrN2O6. The fourth-order valence-electron chi connectivity index (χ4n) is 2.92. The summed E-state index contributed by atoms with van der Waals surface area (Å²) >= 11 is 3.50. The second-order valence-corrected chi connectivity index (χ2v) is 7.21. The Labute approximate surface area is 163 Å². The third-order valence-electron chi connectivity index (χ3n) is 4.35. The molecule has 9 heteroatoms. The predicted molar refractivity (Wildman–Crippen MR) is 100 cm³/mol. The lowest BCUT2D eigenvalue weighted by Crippen LogP contribution is -2.36. The normalized spacial score (nSPS) is 24.7. The molecule has 1 N–H and O–H groups in total. The van der Waals surface area contributed by atoms with Crippen molar-refractivity contribution in [3.63, 3.8) is 0 Å². The molecule has 2 unspecified atom stereocenters. The van der Waals surface area contributed by atoms with Gasteiger partial charge in [0.15, 0.2) is 6.23 Å². The Morgan fingerprint density at radius 1 is 1.30 bits per heavy atom. The van der Waals surface area contributed by atoms with Crippen molar-refractivity contribution in [3.05, 3.63) is 68.5 Å². The number of nitrogens with one attached hydrogen (secondary N) is 1. The minimum absolute atomic E-state index is 0.0398. The number of aryl methyl sites for hydroxylation is 1. The van der Waals surface area contributed by atoms with Crippen LogP contribution in [0.25, 0.3) is 0 Å². The lowest BCUT2D eigenvalue weighted by molar-refractivity contribution is -0.0599. The summed E-state index contributed by atoms with van der Waals surface area (Å²) in [6, 6.07) is 8.61. The summed E-state index contributed by atoms with van der Waals surface area (Å²) in [5, 5.41) is 0. The Morgan fingerprint density at radius 3 is 2.67 bits per heavy atom. The minimum atomic E-state index is -0.724. The van der Waals surface area contributed by atoms with Gasteiger partial charge in [-0.1, -0.05) is 34.1 Å². The molecule has 3 rings (SSSR count). The van der Waals surface area contributed by atoms with E-state index in [2.05, 4.69) is 20.9 Å². The number of methoxy groups -OCH3 is 1. The third kappa shape index (κ3) is 4.05. The van der Waals surface area contributed by atoms with Gasteiger partial charge in [0, 0.05) is 18.9 Å². The van der Waals surface area contributed by atoms with Gasteiger partial charge >= 0.3 is 11.7 Å². The Hall–Kier alpha value is -2.23. The molecule has 8 nitrogen and oxygen atoms in total. The second-order valence-electron chi connectivity index (χ2n) is 6.15. The van der Waals surface area contributed by atoms with E-state index in [0.717, 1.165) is 0 Å². The number of nitrogens with zero attached hydrogens (tertiary/aromatic N) is 1. The number of H-pyrrole nitrogens is 1. The van der Waals surface area contributed by atoms with Crippen LogP contribution in [-0.2, 0) is 14.2 Å². The highest BCUT2D eigenvalue weighted by Crippen LogP contribution is 2.35. The summed E-state index contributed by atoms with van der Waals surface area (Å²) in [4.78, 5) is 37.7. The molecule has 144 valence electrons. The number of ether oxygens (including phenoxy) is 3. The summed E-state index contributed by atoms with van der Waals surface area (Å²) < 4.78 is 18.0. The molecule has 1 aromatic carbocycles. The summed E-state index contributed by atoms with van der Waals surface area (Å²) in [6.07, 6.45) is -0.335. The molecule has 1 aromatic heterocycles. The van der Waals surface area contributed by atoms with Gasteiger partial charge in [-0.15, -0.1) is 0 Å². The van der Waals surface area contributed by atoms with E-state index in [0.29, 0.717) is 11.1 Å². The van der Waals surface area contributed by atoms with E-state index < -0.39 is 35.7 Å². The van der Waals surface area contributed by atoms with E-state index in [1.165, 1.54) is 17.9 Å². The van der Waals surface area contributed by atoms with Crippen molar-refractivity contribution >= 4 is 21.9 Å². The van der Waals surface area contributed by atoms with Gasteiger partial charge in [-0.25, -0.2) is 9.59 Å². The highest BCUT2D eigenvalue weighted by Gasteiger charge is 2.45. The van der Waals surface area contributed by atoms with Gasteiger partial charge in [-0.05, 0) is 19.1 Å². The third-order valence-corrected chi connectivity index (χ3v) is 5.32. The molecule has 1 fully saturated rings. The van der Waals surface area contributed by atoms with Gasteiger partial charge in [0.1, 0.15) is 18.8 Å². The van der Waals surface area contributed by atoms with Crippen LogP contribution in [0, 0.1) is 6.92 Å². The van der Waals surface area contributed by atoms with Crippen LogP contribution in [0.1, 0.15) is 22.1 Å². The number of aromatic amines is 1. The SMILES string of the molecule is COC1C(Br)[C@H](n2cc(C)c(=O)[nH]c2=O)O[C@@H]1COC(=O)c1ccccc1. The molecule has 0 aliphatic carbocycles. The lowest BCUT2D eigenvalue weighted by Gasteiger charge is -2.18. The van der Waals surface area contributed by atoms with Gasteiger partial charge < -0.3 is 14.2 Å². The van der Waals surface area contributed by atoms with Crippen LogP contribution in [0.15, 0.2) is 46.1 Å². The van der Waals surface area contributed by atoms with Crippen molar-refractivity contribution in [3.8, 4) is 0 Å². The smallest absolute Gasteiger partial charge is 0.338 e. The van der Waals surface area contributed by atoms with Crippen LogP contribution in [-0.4, -0.2) is 46.3 Å². The van der Waals surface area contributed by atoms with E-state index in [1.54, 1.807) is 31.2 Å². The number of carbonyl (C=O) groups excluding carboxylic acids is 1. The molecule has 0 bridgehead atoms. The van der Waals surface area contributed by atoms with Gasteiger partial charge in [-0.3, -0.25) is 14.3 Å². The topological polar surface area (TPSA) is 99.6 Å². The Morgan fingerprint density at radius 2 is 2.00 bits per heavy atom. The van der Waals surface area contributed by atoms with Crippen molar-refractivity contribution in [1.29, 1.82) is 0 Å². The first kappa shape index (κ1) is 19.5. The maximum absolute atomic E-state index is 12.2. The molecule has 2 heterocycles. The molecule has 0 spiro atoms. The summed E-state index contributed by atoms with van der Waals surface area (Å²) in [5.41, 5.74) is -0.219. The van der Waals surface area contributed by atoms with Crippen LogP contribution in [0.4, 0.5) is 0 Å². The molecule has 0 saturated carbocycles. The van der Waals surface area contributed by atoms with E-state index in [-0.39, 0.29) is 11.4 Å². The Balaban J connectivity index is 1.76. The number of benzene rings is 1. The number of rotatable bonds is 5. The first-order valence-electron chi connectivity index (χ1n) is 8.29. The van der Waals surface area contributed by atoms with Crippen LogP contribution in [0.3, 0.4) is 0 Å². The average Bonchev–Trinajstić information content (AvgIpc) is 2.98. The number of esters is 1. The zero-order valence-electron chi connectivity index (χ0n) is 14.8. The van der Waals surface area contributed by atoms with Crippen molar-refractivity contribution in [2.75, 3.05) is 13.7 Å². The van der Waals surface area contributed by atoms with Crippen LogP contribution in [0.5, 0.6) is 0 Å². The molecule has 4 atom stereocenters. The lowest BCUT2D eigenvalue weighted by atomic mass is 10.2. The average molecular weight is 439 g/mol. The van der Waals surface area contributed by atoms with Gasteiger partial charge in [0.25, 0.3) is 5.56 Å². The number of halogens is 1. The van der Waals surface area contributed by atoms with E-state index >= 15 is 0 Å². The Kier molecular flexibility index (Phi) is 5.93. The zero-order valence-corrected chi connectivity index (χ0v) is 16.3. The van der Waals surface area contributed by atoms with Crippen molar-refractivity contribution in [2.45, 2.75) is 30.2 Å². The first-order chi connectivity index (χ1) is 12.9. The van der Waals surface area contributed by atoms with Gasteiger partial charge in [-0.2, -0.15) is 0 Å². The number of alkyl halides is 1.